The largest absolute Gasteiger partial charge is 0.481 e. The first-order valence-corrected chi connectivity index (χ1v) is 10.1. The molecule has 0 bridgehead atoms. The highest BCUT2D eigenvalue weighted by Gasteiger charge is 2.15. The van der Waals surface area contributed by atoms with Crippen molar-refractivity contribution in [1.82, 2.24) is 5.32 Å². The van der Waals surface area contributed by atoms with Crippen molar-refractivity contribution in [2.24, 2.45) is 0 Å². The monoisotopic (exact) mass is 395 g/mol. The van der Waals surface area contributed by atoms with E-state index < -0.39 is 6.10 Å². The quantitative estimate of drug-likeness (QED) is 0.514. The third kappa shape index (κ3) is 6.01. The molecule has 2 aromatic rings. The highest BCUT2D eigenvalue weighted by Crippen LogP contribution is 2.20. The molecule has 0 fully saturated rings. The van der Waals surface area contributed by atoms with E-state index in [1.54, 1.807) is 31.2 Å². The Morgan fingerprint density at radius 2 is 1.69 bits per heavy atom. The molecule has 2 aromatic carbocycles. The summed E-state index contributed by atoms with van der Waals surface area (Å²) in [5.74, 6) is -0.224. The van der Waals surface area contributed by atoms with E-state index in [0.717, 1.165) is 19.3 Å². The summed E-state index contributed by atoms with van der Waals surface area (Å²) >= 11 is 0. The first-order valence-electron chi connectivity index (χ1n) is 10.1. The lowest BCUT2D eigenvalue weighted by Crippen LogP contribution is -2.37. The molecule has 0 spiro atoms. The molecule has 152 valence electrons. The van der Waals surface area contributed by atoms with Gasteiger partial charge in [-0.05, 0) is 87.6 Å². The fourth-order valence-electron chi connectivity index (χ4n) is 3.33. The molecule has 0 saturated heterocycles. The Labute approximate surface area is 170 Å². The van der Waals surface area contributed by atoms with E-state index in [2.05, 4.69) is 11.4 Å². The number of amides is 1. The first kappa shape index (κ1) is 20.8. The normalized spacial score (nSPS) is 14.6. The number of benzene rings is 2. The summed E-state index contributed by atoms with van der Waals surface area (Å²) in [5.41, 5.74) is 2.31. The van der Waals surface area contributed by atoms with E-state index in [1.165, 1.54) is 42.7 Å². The Morgan fingerprint density at radius 1 is 1.03 bits per heavy atom. The zero-order valence-electron chi connectivity index (χ0n) is 16.6. The zero-order valence-corrected chi connectivity index (χ0v) is 16.6. The van der Waals surface area contributed by atoms with E-state index in [0.29, 0.717) is 23.4 Å². The number of hydrogen-bond acceptors (Lipinski definition) is 3. The SMILES string of the molecule is C[C@@H](Oc1ccc(C(=O)c2ccc(F)cc2)cc1)C(=O)NCCC1=CCCCC1. The van der Waals surface area contributed by atoms with E-state index in [4.69, 9.17) is 4.74 Å². The second-order valence-corrected chi connectivity index (χ2v) is 7.27. The Morgan fingerprint density at radius 3 is 2.31 bits per heavy atom. The second kappa shape index (κ2) is 10.0. The lowest BCUT2D eigenvalue weighted by atomic mass is 9.97. The highest BCUT2D eigenvalue weighted by atomic mass is 19.1. The lowest BCUT2D eigenvalue weighted by molar-refractivity contribution is -0.127. The third-order valence-electron chi connectivity index (χ3n) is 5.04. The number of halogens is 1. The van der Waals surface area contributed by atoms with E-state index in [1.807, 2.05) is 0 Å². The molecule has 3 rings (SSSR count). The topological polar surface area (TPSA) is 55.4 Å². The fourth-order valence-corrected chi connectivity index (χ4v) is 3.33. The molecular weight excluding hydrogens is 369 g/mol. The number of ether oxygens (including phenoxy) is 1. The van der Waals surface area contributed by atoms with Crippen molar-refractivity contribution < 1.29 is 18.7 Å². The number of allylic oxidation sites excluding steroid dienone is 1. The Balaban J connectivity index is 1.49. The van der Waals surface area contributed by atoms with Crippen LogP contribution in [-0.2, 0) is 4.79 Å². The van der Waals surface area contributed by atoms with Crippen LogP contribution in [0.25, 0.3) is 0 Å². The summed E-state index contributed by atoms with van der Waals surface area (Å²) in [4.78, 5) is 24.7. The molecular formula is C24H26FNO3. The van der Waals surface area contributed by atoms with Crippen molar-refractivity contribution in [2.75, 3.05) is 6.54 Å². The van der Waals surface area contributed by atoms with Gasteiger partial charge in [0.2, 0.25) is 0 Å². The van der Waals surface area contributed by atoms with Crippen LogP contribution >= 0.6 is 0 Å². The van der Waals surface area contributed by atoms with Crippen LogP contribution in [0, 0.1) is 5.82 Å². The van der Waals surface area contributed by atoms with Gasteiger partial charge in [-0.15, -0.1) is 0 Å². The van der Waals surface area contributed by atoms with Gasteiger partial charge in [-0.3, -0.25) is 9.59 Å². The molecule has 1 aliphatic rings. The standard InChI is InChI=1S/C24H26FNO3/c1-17(24(28)26-16-15-18-5-3-2-4-6-18)29-22-13-9-20(10-14-22)23(27)19-7-11-21(25)12-8-19/h5,7-14,17H,2-4,6,15-16H2,1H3,(H,26,28)/t17-/m1/s1. The van der Waals surface area contributed by atoms with Crippen LogP contribution in [0.5, 0.6) is 5.75 Å². The van der Waals surface area contributed by atoms with Crippen molar-refractivity contribution in [3.8, 4) is 5.75 Å². The summed E-state index contributed by atoms with van der Waals surface area (Å²) in [6, 6.07) is 12.0. The van der Waals surface area contributed by atoms with Crippen molar-refractivity contribution in [1.29, 1.82) is 0 Å². The maximum atomic E-state index is 13.0. The minimum atomic E-state index is -0.631. The van der Waals surface area contributed by atoms with Gasteiger partial charge in [0.25, 0.3) is 5.91 Å². The number of ketones is 1. The molecule has 1 amide bonds. The first-order chi connectivity index (χ1) is 14.0. The fraction of sp³-hybridized carbons (Fsp3) is 0.333. The van der Waals surface area contributed by atoms with Gasteiger partial charge in [0.05, 0.1) is 0 Å². The number of hydrogen-bond donors (Lipinski definition) is 1. The summed E-state index contributed by atoms with van der Waals surface area (Å²) in [5, 5.41) is 2.92. The molecule has 0 saturated carbocycles. The number of carbonyl (C=O) groups is 2. The van der Waals surface area contributed by atoms with Crippen LogP contribution in [0.15, 0.2) is 60.2 Å². The summed E-state index contributed by atoms with van der Waals surface area (Å²) in [7, 11) is 0. The Kier molecular flexibility index (Phi) is 7.17. The van der Waals surface area contributed by atoms with Crippen LogP contribution in [-0.4, -0.2) is 24.3 Å². The Hall–Kier alpha value is -2.95. The lowest BCUT2D eigenvalue weighted by Gasteiger charge is -2.16. The zero-order chi connectivity index (χ0) is 20.6. The van der Waals surface area contributed by atoms with Gasteiger partial charge in [0, 0.05) is 17.7 Å². The van der Waals surface area contributed by atoms with Crippen molar-refractivity contribution in [2.45, 2.75) is 45.1 Å². The molecule has 5 heteroatoms. The second-order valence-electron chi connectivity index (χ2n) is 7.27. The predicted octanol–water partition coefficient (Wildman–Crippen LogP) is 4.83. The van der Waals surface area contributed by atoms with Crippen molar-refractivity contribution in [3.63, 3.8) is 0 Å². The molecule has 29 heavy (non-hydrogen) atoms. The molecule has 0 aromatic heterocycles. The average Bonchev–Trinajstić information content (AvgIpc) is 2.75. The van der Waals surface area contributed by atoms with Gasteiger partial charge >= 0.3 is 0 Å². The predicted molar refractivity (Wildman–Crippen MR) is 111 cm³/mol. The third-order valence-corrected chi connectivity index (χ3v) is 5.04. The van der Waals surface area contributed by atoms with Gasteiger partial charge in [0.1, 0.15) is 11.6 Å². The average molecular weight is 395 g/mol. The number of nitrogens with one attached hydrogen (secondary N) is 1. The molecule has 0 heterocycles. The van der Waals surface area contributed by atoms with Crippen LogP contribution in [0.1, 0.15) is 54.9 Å². The van der Waals surface area contributed by atoms with E-state index in [9.17, 15) is 14.0 Å². The molecule has 0 aliphatic heterocycles. The van der Waals surface area contributed by atoms with Crippen LogP contribution in [0.2, 0.25) is 0 Å². The van der Waals surface area contributed by atoms with Gasteiger partial charge in [0.15, 0.2) is 11.9 Å². The van der Waals surface area contributed by atoms with Crippen LogP contribution in [0.4, 0.5) is 4.39 Å². The van der Waals surface area contributed by atoms with Gasteiger partial charge < -0.3 is 10.1 Å². The smallest absolute Gasteiger partial charge is 0.260 e. The summed E-state index contributed by atoms with van der Waals surface area (Å²) < 4.78 is 18.7. The van der Waals surface area contributed by atoms with Gasteiger partial charge in [-0.2, -0.15) is 0 Å². The van der Waals surface area contributed by atoms with Gasteiger partial charge in [-0.1, -0.05) is 11.6 Å². The number of rotatable bonds is 8. The highest BCUT2D eigenvalue weighted by molar-refractivity contribution is 6.09. The van der Waals surface area contributed by atoms with E-state index >= 15 is 0 Å². The minimum Gasteiger partial charge on any atom is -0.481 e. The maximum absolute atomic E-state index is 13.0. The Bertz CT molecular complexity index is 872. The number of carbonyl (C=O) groups excluding carboxylic acids is 2. The molecule has 1 N–H and O–H groups in total. The minimum absolute atomic E-state index is 0.159. The van der Waals surface area contributed by atoms with E-state index in [-0.39, 0.29) is 17.5 Å². The molecule has 4 nitrogen and oxygen atoms in total. The van der Waals surface area contributed by atoms with Crippen LogP contribution < -0.4 is 10.1 Å². The molecule has 0 radical (unpaired) electrons. The molecule has 0 unspecified atom stereocenters. The van der Waals surface area contributed by atoms with Crippen LogP contribution in [0.3, 0.4) is 0 Å². The molecule has 1 aliphatic carbocycles. The van der Waals surface area contributed by atoms with Crippen molar-refractivity contribution in [3.05, 3.63) is 77.1 Å². The van der Waals surface area contributed by atoms with Crippen molar-refractivity contribution >= 4 is 11.7 Å². The summed E-state index contributed by atoms with van der Waals surface area (Å²) in [6.07, 6.45) is 7.30. The summed E-state index contributed by atoms with van der Waals surface area (Å²) in [6.45, 7) is 2.32. The maximum Gasteiger partial charge on any atom is 0.260 e. The molecule has 1 atom stereocenters. The van der Waals surface area contributed by atoms with Gasteiger partial charge in [-0.25, -0.2) is 4.39 Å².